The van der Waals surface area contributed by atoms with E-state index in [1.54, 1.807) is 0 Å². The molecule has 2 atom stereocenters. The zero-order chi connectivity index (χ0) is 14.6. The van der Waals surface area contributed by atoms with Crippen LogP contribution in [-0.2, 0) is 0 Å². The average Bonchev–Trinajstić information content (AvgIpc) is 2.49. The van der Waals surface area contributed by atoms with Gasteiger partial charge in [-0.1, -0.05) is 89.6 Å². The highest BCUT2D eigenvalue weighted by Crippen LogP contribution is 2.26. The average molecular weight is 275 g/mol. The van der Waals surface area contributed by atoms with E-state index >= 15 is 0 Å². The molecule has 1 aromatic carbocycles. The van der Waals surface area contributed by atoms with Crippen molar-refractivity contribution < 1.29 is 0 Å². The lowest BCUT2D eigenvalue weighted by Gasteiger charge is -2.25. The third kappa shape index (κ3) is 6.56. The Morgan fingerprint density at radius 1 is 0.900 bits per heavy atom. The van der Waals surface area contributed by atoms with Crippen LogP contribution in [0, 0.1) is 5.92 Å². The zero-order valence-corrected chi connectivity index (χ0v) is 13.7. The number of hydrogen-bond donors (Lipinski definition) is 1. The van der Waals surface area contributed by atoms with Crippen LogP contribution in [0.1, 0.15) is 77.3 Å². The van der Waals surface area contributed by atoms with E-state index in [9.17, 15) is 0 Å². The Balaban J connectivity index is 2.35. The standard InChI is InChI=1S/C19H33N/c1-4-6-7-8-9-11-14-17(3)19(20-5-2)18-15-12-10-13-16-18/h10,12-13,15-17,19-20H,4-9,11,14H2,1-3H3. The van der Waals surface area contributed by atoms with Gasteiger partial charge in [-0.2, -0.15) is 0 Å². The van der Waals surface area contributed by atoms with E-state index in [1.165, 1.54) is 50.5 Å². The first-order valence-corrected chi connectivity index (χ1v) is 8.57. The Morgan fingerprint density at radius 2 is 1.55 bits per heavy atom. The van der Waals surface area contributed by atoms with E-state index in [0.29, 0.717) is 12.0 Å². The smallest absolute Gasteiger partial charge is 0.0345 e. The first kappa shape index (κ1) is 17.2. The van der Waals surface area contributed by atoms with Gasteiger partial charge in [-0.05, 0) is 24.4 Å². The van der Waals surface area contributed by atoms with Crippen molar-refractivity contribution in [3.05, 3.63) is 35.9 Å². The van der Waals surface area contributed by atoms with Gasteiger partial charge < -0.3 is 5.32 Å². The number of hydrogen-bond acceptors (Lipinski definition) is 1. The summed E-state index contributed by atoms with van der Waals surface area (Å²) in [5.74, 6) is 0.712. The number of benzene rings is 1. The second-order valence-electron chi connectivity index (χ2n) is 5.98. The van der Waals surface area contributed by atoms with Crippen LogP contribution in [0.2, 0.25) is 0 Å². The maximum absolute atomic E-state index is 3.66. The van der Waals surface area contributed by atoms with Crippen molar-refractivity contribution in [2.75, 3.05) is 6.54 Å². The second kappa shape index (κ2) is 10.9. The molecule has 0 fully saturated rings. The van der Waals surface area contributed by atoms with Crippen LogP contribution in [0.3, 0.4) is 0 Å². The molecular weight excluding hydrogens is 242 g/mol. The number of rotatable bonds is 11. The predicted octanol–water partition coefficient (Wildman–Crippen LogP) is 5.72. The van der Waals surface area contributed by atoms with Crippen LogP contribution in [0.15, 0.2) is 30.3 Å². The quantitative estimate of drug-likeness (QED) is 0.509. The van der Waals surface area contributed by atoms with E-state index in [2.05, 4.69) is 56.4 Å². The fourth-order valence-corrected chi connectivity index (χ4v) is 2.94. The monoisotopic (exact) mass is 275 g/mol. The topological polar surface area (TPSA) is 12.0 Å². The summed E-state index contributed by atoms with van der Waals surface area (Å²) < 4.78 is 0. The summed E-state index contributed by atoms with van der Waals surface area (Å²) in [5.41, 5.74) is 1.44. The minimum Gasteiger partial charge on any atom is -0.310 e. The molecule has 1 aromatic rings. The van der Waals surface area contributed by atoms with Crippen LogP contribution in [0.5, 0.6) is 0 Å². The lowest BCUT2D eigenvalue weighted by molar-refractivity contribution is 0.358. The Labute approximate surface area is 126 Å². The molecule has 1 rings (SSSR count). The molecule has 20 heavy (non-hydrogen) atoms. The van der Waals surface area contributed by atoms with Crippen LogP contribution >= 0.6 is 0 Å². The van der Waals surface area contributed by atoms with Crippen molar-refractivity contribution in [1.82, 2.24) is 5.32 Å². The highest BCUT2D eigenvalue weighted by atomic mass is 14.9. The molecule has 0 saturated heterocycles. The minimum absolute atomic E-state index is 0.511. The van der Waals surface area contributed by atoms with Gasteiger partial charge in [-0.25, -0.2) is 0 Å². The lowest BCUT2D eigenvalue weighted by atomic mass is 9.90. The maximum Gasteiger partial charge on any atom is 0.0345 e. The maximum atomic E-state index is 3.66. The summed E-state index contributed by atoms with van der Waals surface area (Å²) in [6.45, 7) is 7.92. The molecule has 1 nitrogen and oxygen atoms in total. The number of nitrogens with one attached hydrogen (secondary N) is 1. The SMILES string of the molecule is CCCCCCCCC(C)C(NCC)c1ccccc1. The van der Waals surface area contributed by atoms with E-state index < -0.39 is 0 Å². The fraction of sp³-hybridized carbons (Fsp3) is 0.684. The molecule has 0 spiro atoms. The largest absolute Gasteiger partial charge is 0.310 e. The number of unbranched alkanes of at least 4 members (excludes halogenated alkanes) is 5. The Morgan fingerprint density at radius 3 is 2.20 bits per heavy atom. The predicted molar refractivity (Wildman–Crippen MR) is 90.0 cm³/mol. The molecular formula is C19H33N. The van der Waals surface area contributed by atoms with Gasteiger partial charge in [0.15, 0.2) is 0 Å². The zero-order valence-electron chi connectivity index (χ0n) is 13.7. The molecule has 1 N–H and O–H groups in total. The third-order valence-corrected chi connectivity index (χ3v) is 4.16. The van der Waals surface area contributed by atoms with Gasteiger partial charge in [0.2, 0.25) is 0 Å². The molecule has 0 saturated carbocycles. The Bertz CT molecular complexity index is 320. The Kier molecular flexibility index (Phi) is 9.40. The molecule has 0 radical (unpaired) electrons. The van der Waals surface area contributed by atoms with Gasteiger partial charge in [-0.15, -0.1) is 0 Å². The van der Waals surface area contributed by atoms with E-state index in [0.717, 1.165) is 6.54 Å². The van der Waals surface area contributed by atoms with E-state index in [-0.39, 0.29) is 0 Å². The van der Waals surface area contributed by atoms with Gasteiger partial charge in [0.05, 0.1) is 0 Å². The highest BCUT2D eigenvalue weighted by Gasteiger charge is 2.17. The lowest BCUT2D eigenvalue weighted by Crippen LogP contribution is -2.26. The van der Waals surface area contributed by atoms with Crippen molar-refractivity contribution in [1.29, 1.82) is 0 Å². The molecule has 0 bridgehead atoms. The summed E-state index contributed by atoms with van der Waals surface area (Å²) >= 11 is 0. The van der Waals surface area contributed by atoms with Crippen molar-refractivity contribution in [3.63, 3.8) is 0 Å². The van der Waals surface area contributed by atoms with Gasteiger partial charge in [0.25, 0.3) is 0 Å². The van der Waals surface area contributed by atoms with Crippen molar-refractivity contribution in [2.45, 2.75) is 71.8 Å². The molecule has 114 valence electrons. The second-order valence-corrected chi connectivity index (χ2v) is 5.98. The summed E-state index contributed by atoms with van der Waals surface area (Å²) in [7, 11) is 0. The van der Waals surface area contributed by atoms with Gasteiger partial charge >= 0.3 is 0 Å². The Hall–Kier alpha value is -0.820. The van der Waals surface area contributed by atoms with Gasteiger partial charge in [0, 0.05) is 6.04 Å². The van der Waals surface area contributed by atoms with Crippen molar-refractivity contribution >= 4 is 0 Å². The van der Waals surface area contributed by atoms with Crippen molar-refractivity contribution in [3.8, 4) is 0 Å². The summed E-state index contributed by atoms with van der Waals surface area (Å²) in [6, 6.07) is 11.4. The molecule has 0 aliphatic carbocycles. The normalized spacial score (nSPS) is 14.2. The minimum atomic E-state index is 0.511. The molecule has 0 aromatic heterocycles. The first-order valence-electron chi connectivity index (χ1n) is 8.57. The van der Waals surface area contributed by atoms with Crippen LogP contribution in [0.4, 0.5) is 0 Å². The first-order chi connectivity index (χ1) is 9.79. The van der Waals surface area contributed by atoms with Gasteiger partial charge in [0.1, 0.15) is 0 Å². The van der Waals surface area contributed by atoms with E-state index in [1.807, 2.05) is 0 Å². The van der Waals surface area contributed by atoms with Crippen LogP contribution in [0.25, 0.3) is 0 Å². The fourth-order valence-electron chi connectivity index (χ4n) is 2.94. The molecule has 2 unspecified atom stereocenters. The summed E-state index contributed by atoms with van der Waals surface area (Å²) in [4.78, 5) is 0. The molecule has 0 amide bonds. The molecule has 1 heteroatoms. The highest BCUT2D eigenvalue weighted by molar-refractivity contribution is 5.19. The van der Waals surface area contributed by atoms with E-state index in [4.69, 9.17) is 0 Å². The molecule has 0 heterocycles. The summed E-state index contributed by atoms with van der Waals surface area (Å²) in [6.07, 6.45) is 9.68. The van der Waals surface area contributed by atoms with Crippen LogP contribution < -0.4 is 5.32 Å². The van der Waals surface area contributed by atoms with Gasteiger partial charge in [-0.3, -0.25) is 0 Å². The van der Waals surface area contributed by atoms with Crippen LogP contribution in [-0.4, -0.2) is 6.54 Å². The molecule has 0 aliphatic rings. The third-order valence-electron chi connectivity index (χ3n) is 4.16. The molecule has 0 aliphatic heterocycles. The van der Waals surface area contributed by atoms with Crippen molar-refractivity contribution in [2.24, 2.45) is 5.92 Å². The summed E-state index contributed by atoms with van der Waals surface area (Å²) in [5, 5.41) is 3.66.